The van der Waals surface area contributed by atoms with Gasteiger partial charge in [0.05, 0.1) is 6.42 Å². The highest BCUT2D eigenvalue weighted by molar-refractivity contribution is 5.79. The summed E-state index contributed by atoms with van der Waals surface area (Å²) in [7, 11) is 0. The third kappa shape index (κ3) is 3.06. The summed E-state index contributed by atoms with van der Waals surface area (Å²) in [6, 6.07) is 10.9. The Morgan fingerprint density at radius 3 is 3.00 bits per heavy atom. The van der Waals surface area contributed by atoms with Gasteiger partial charge in [-0.15, -0.1) is 0 Å². The molecule has 8 nitrogen and oxygen atoms in total. The summed E-state index contributed by atoms with van der Waals surface area (Å²) in [5.41, 5.74) is 1.54. The Balaban J connectivity index is 1.33. The van der Waals surface area contributed by atoms with E-state index in [9.17, 15) is 4.79 Å². The molecule has 8 heteroatoms. The molecule has 5 rings (SSSR count). The Labute approximate surface area is 161 Å². The van der Waals surface area contributed by atoms with E-state index in [0.717, 1.165) is 18.4 Å². The highest BCUT2D eigenvalue weighted by Gasteiger charge is 2.34. The number of aromatic nitrogens is 3. The Kier molecular flexibility index (Phi) is 4.16. The molecule has 142 valence electrons. The number of carbonyl (C=O) groups excluding carboxylic acids is 1. The van der Waals surface area contributed by atoms with Crippen LogP contribution in [0.5, 0.6) is 11.5 Å². The molecule has 1 fully saturated rings. The molecule has 1 aromatic carbocycles. The van der Waals surface area contributed by atoms with Gasteiger partial charge in [0, 0.05) is 12.7 Å². The fourth-order valence-electron chi connectivity index (χ4n) is 3.62. The number of ether oxygens (including phenoxy) is 2. The van der Waals surface area contributed by atoms with Crippen LogP contribution < -0.4 is 9.47 Å². The summed E-state index contributed by atoms with van der Waals surface area (Å²) in [6.45, 7) is 0.895. The lowest BCUT2D eigenvalue weighted by Gasteiger charge is -2.22. The van der Waals surface area contributed by atoms with Crippen LogP contribution in [-0.2, 0) is 11.2 Å². The van der Waals surface area contributed by atoms with Crippen molar-refractivity contribution < 1.29 is 18.8 Å². The van der Waals surface area contributed by atoms with E-state index in [-0.39, 0.29) is 25.2 Å². The molecule has 3 aromatic rings. The zero-order valence-corrected chi connectivity index (χ0v) is 15.1. The number of hydrogen-bond donors (Lipinski definition) is 0. The van der Waals surface area contributed by atoms with E-state index < -0.39 is 0 Å². The van der Waals surface area contributed by atoms with E-state index in [1.54, 1.807) is 6.20 Å². The summed E-state index contributed by atoms with van der Waals surface area (Å²) in [6.07, 6.45) is 3.67. The van der Waals surface area contributed by atoms with Gasteiger partial charge < -0.3 is 18.9 Å². The second kappa shape index (κ2) is 6.95. The molecule has 0 unspecified atom stereocenters. The largest absolute Gasteiger partial charge is 0.454 e. The van der Waals surface area contributed by atoms with E-state index in [1.165, 1.54) is 0 Å². The van der Waals surface area contributed by atoms with Crippen LogP contribution in [-0.4, -0.2) is 39.3 Å². The van der Waals surface area contributed by atoms with Crippen molar-refractivity contribution in [2.45, 2.75) is 25.3 Å². The number of rotatable bonds is 4. The van der Waals surface area contributed by atoms with Crippen LogP contribution in [0, 0.1) is 0 Å². The number of benzene rings is 1. The summed E-state index contributed by atoms with van der Waals surface area (Å²) < 4.78 is 16.2. The number of pyridine rings is 1. The van der Waals surface area contributed by atoms with E-state index >= 15 is 0 Å². The molecule has 2 aliphatic heterocycles. The van der Waals surface area contributed by atoms with Gasteiger partial charge in [0.2, 0.25) is 24.4 Å². The Bertz CT molecular complexity index is 1000. The number of carbonyl (C=O) groups is 1. The van der Waals surface area contributed by atoms with Crippen molar-refractivity contribution in [1.82, 2.24) is 20.0 Å². The van der Waals surface area contributed by atoms with Crippen molar-refractivity contribution in [3.8, 4) is 23.0 Å². The SMILES string of the molecule is O=C(Cc1ccc2c(c1)OCO2)N1CCC[C@H]1c1nc(-c2ccccn2)no1. The fraction of sp³-hybridized carbons (Fsp3) is 0.300. The second-order valence-corrected chi connectivity index (χ2v) is 6.78. The van der Waals surface area contributed by atoms with E-state index in [2.05, 4.69) is 15.1 Å². The molecule has 0 aliphatic carbocycles. The van der Waals surface area contributed by atoms with Gasteiger partial charge in [0.1, 0.15) is 11.7 Å². The summed E-state index contributed by atoms with van der Waals surface area (Å²) in [4.78, 5) is 23.5. The summed E-state index contributed by atoms with van der Waals surface area (Å²) in [5, 5.41) is 4.03. The number of nitrogens with zero attached hydrogens (tertiary/aromatic N) is 4. The molecule has 4 heterocycles. The van der Waals surface area contributed by atoms with Crippen LogP contribution in [0.4, 0.5) is 0 Å². The van der Waals surface area contributed by atoms with Crippen molar-refractivity contribution in [2.24, 2.45) is 0 Å². The number of fused-ring (bicyclic) bond motifs is 1. The maximum atomic E-state index is 12.9. The predicted molar refractivity (Wildman–Crippen MR) is 97.5 cm³/mol. The average Bonchev–Trinajstić information content (AvgIpc) is 3.47. The molecule has 0 bridgehead atoms. The number of likely N-dealkylation sites (tertiary alicyclic amines) is 1. The lowest BCUT2D eigenvalue weighted by Crippen LogP contribution is -2.32. The molecule has 1 saturated heterocycles. The van der Waals surface area contributed by atoms with E-state index in [0.29, 0.717) is 35.5 Å². The maximum Gasteiger partial charge on any atom is 0.249 e. The van der Waals surface area contributed by atoms with Crippen molar-refractivity contribution in [3.05, 3.63) is 54.0 Å². The zero-order valence-electron chi connectivity index (χ0n) is 15.1. The van der Waals surface area contributed by atoms with Crippen LogP contribution in [0.2, 0.25) is 0 Å². The maximum absolute atomic E-state index is 12.9. The molecule has 0 N–H and O–H groups in total. The summed E-state index contributed by atoms with van der Waals surface area (Å²) in [5.74, 6) is 2.31. The van der Waals surface area contributed by atoms with Crippen molar-refractivity contribution in [2.75, 3.05) is 13.3 Å². The number of amides is 1. The van der Waals surface area contributed by atoms with Crippen LogP contribution in [0.15, 0.2) is 47.1 Å². The molecule has 1 amide bonds. The van der Waals surface area contributed by atoms with Crippen molar-refractivity contribution in [1.29, 1.82) is 0 Å². The van der Waals surface area contributed by atoms with Crippen LogP contribution in [0.25, 0.3) is 11.5 Å². The Morgan fingerprint density at radius 1 is 1.18 bits per heavy atom. The minimum atomic E-state index is -0.202. The molecular formula is C20H18N4O4. The molecule has 0 spiro atoms. The molecular weight excluding hydrogens is 360 g/mol. The van der Waals surface area contributed by atoms with E-state index in [4.69, 9.17) is 14.0 Å². The van der Waals surface area contributed by atoms with Crippen LogP contribution >= 0.6 is 0 Å². The van der Waals surface area contributed by atoms with Gasteiger partial charge in [-0.3, -0.25) is 9.78 Å². The third-order valence-electron chi connectivity index (χ3n) is 4.99. The first-order valence-corrected chi connectivity index (χ1v) is 9.21. The quantitative estimate of drug-likeness (QED) is 0.689. The first kappa shape index (κ1) is 16.7. The zero-order chi connectivity index (χ0) is 18.9. The Morgan fingerprint density at radius 2 is 2.11 bits per heavy atom. The van der Waals surface area contributed by atoms with Gasteiger partial charge in [0.15, 0.2) is 11.5 Å². The standard InChI is InChI=1S/C20H18N4O4/c25-18(11-13-6-7-16-17(10-13)27-12-26-16)24-9-3-5-15(24)20-22-19(23-28-20)14-4-1-2-8-21-14/h1-2,4,6-8,10,15H,3,5,9,11-12H2/t15-/m0/s1. The minimum Gasteiger partial charge on any atom is -0.454 e. The normalized spacial score (nSPS) is 17.9. The summed E-state index contributed by atoms with van der Waals surface area (Å²) >= 11 is 0. The second-order valence-electron chi connectivity index (χ2n) is 6.78. The monoisotopic (exact) mass is 378 g/mol. The average molecular weight is 378 g/mol. The highest BCUT2D eigenvalue weighted by Crippen LogP contribution is 2.35. The molecule has 1 atom stereocenters. The smallest absolute Gasteiger partial charge is 0.249 e. The highest BCUT2D eigenvalue weighted by atomic mass is 16.7. The first-order valence-electron chi connectivity index (χ1n) is 9.21. The molecule has 0 saturated carbocycles. The van der Waals surface area contributed by atoms with Crippen LogP contribution in [0.1, 0.15) is 30.3 Å². The number of hydrogen-bond acceptors (Lipinski definition) is 7. The van der Waals surface area contributed by atoms with Gasteiger partial charge in [-0.05, 0) is 42.7 Å². The van der Waals surface area contributed by atoms with Crippen molar-refractivity contribution >= 4 is 5.91 Å². The lowest BCUT2D eigenvalue weighted by atomic mass is 10.1. The first-order chi connectivity index (χ1) is 13.8. The van der Waals surface area contributed by atoms with Gasteiger partial charge in [-0.1, -0.05) is 17.3 Å². The van der Waals surface area contributed by atoms with Crippen molar-refractivity contribution in [3.63, 3.8) is 0 Å². The van der Waals surface area contributed by atoms with Gasteiger partial charge >= 0.3 is 0 Å². The topological polar surface area (TPSA) is 90.6 Å². The molecule has 28 heavy (non-hydrogen) atoms. The predicted octanol–water partition coefficient (Wildman–Crippen LogP) is 2.77. The minimum absolute atomic E-state index is 0.0268. The molecule has 0 radical (unpaired) electrons. The molecule has 2 aromatic heterocycles. The lowest BCUT2D eigenvalue weighted by molar-refractivity contribution is -0.131. The third-order valence-corrected chi connectivity index (χ3v) is 4.99. The van der Waals surface area contributed by atoms with Crippen LogP contribution in [0.3, 0.4) is 0 Å². The van der Waals surface area contributed by atoms with E-state index in [1.807, 2.05) is 41.3 Å². The Hall–Kier alpha value is -3.42. The fourth-order valence-corrected chi connectivity index (χ4v) is 3.62. The molecule has 2 aliphatic rings. The van der Waals surface area contributed by atoms with Gasteiger partial charge in [0.25, 0.3) is 0 Å². The van der Waals surface area contributed by atoms with Gasteiger partial charge in [-0.2, -0.15) is 4.98 Å². The van der Waals surface area contributed by atoms with Gasteiger partial charge in [-0.25, -0.2) is 0 Å².